The lowest BCUT2D eigenvalue weighted by Gasteiger charge is -2.09. The molecule has 19 heavy (non-hydrogen) atoms. The molecule has 0 spiro atoms. The van der Waals surface area contributed by atoms with Gasteiger partial charge in [0.25, 0.3) is 5.91 Å². The third kappa shape index (κ3) is 3.01. The largest absolute Gasteiger partial charge is 0.497 e. The van der Waals surface area contributed by atoms with Gasteiger partial charge in [-0.1, -0.05) is 0 Å². The molecule has 2 aromatic rings. The maximum absolute atomic E-state index is 12.7. The van der Waals surface area contributed by atoms with E-state index in [0.717, 1.165) is 0 Å². The van der Waals surface area contributed by atoms with Crippen LogP contribution in [0.5, 0.6) is 5.75 Å². The molecule has 98 valence electrons. The molecule has 2 rings (SSSR count). The maximum Gasteiger partial charge on any atom is 0.257 e. The highest BCUT2D eigenvalue weighted by atomic mass is 19.1. The molecule has 5 heteroatoms. The summed E-state index contributed by atoms with van der Waals surface area (Å²) >= 11 is 0. The van der Waals surface area contributed by atoms with E-state index in [2.05, 4.69) is 5.32 Å². The summed E-state index contributed by atoms with van der Waals surface area (Å²) in [7, 11) is 1.52. The van der Waals surface area contributed by atoms with Crippen LogP contribution < -0.4 is 15.8 Å². The van der Waals surface area contributed by atoms with Crippen molar-refractivity contribution in [1.29, 1.82) is 0 Å². The third-order valence-corrected chi connectivity index (χ3v) is 2.61. The molecule has 0 aliphatic heterocycles. The normalized spacial score (nSPS) is 10.0. The highest BCUT2D eigenvalue weighted by Crippen LogP contribution is 2.20. The summed E-state index contributed by atoms with van der Waals surface area (Å²) in [5, 5.41) is 2.64. The molecule has 2 aromatic carbocycles. The van der Waals surface area contributed by atoms with E-state index in [4.69, 9.17) is 10.5 Å². The predicted molar refractivity (Wildman–Crippen MR) is 71.8 cm³/mol. The van der Waals surface area contributed by atoms with Crippen molar-refractivity contribution >= 4 is 17.3 Å². The minimum atomic E-state index is -0.359. The number of methoxy groups -OCH3 is 1. The molecule has 1 amide bonds. The Labute approximate surface area is 110 Å². The molecule has 0 heterocycles. The van der Waals surface area contributed by atoms with Crippen LogP contribution in [0.3, 0.4) is 0 Å². The number of carbonyl (C=O) groups excluding carboxylic acids is 1. The second kappa shape index (κ2) is 5.39. The first-order valence-electron chi connectivity index (χ1n) is 5.60. The van der Waals surface area contributed by atoms with Gasteiger partial charge in [0.05, 0.1) is 12.7 Å². The maximum atomic E-state index is 12.7. The van der Waals surface area contributed by atoms with E-state index in [1.165, 1.54) is 31.4 Å². The summed E-state index contributed by atoms with van der Waals surface area (Å²) in [5.74, 6) is -0.135. The van der Waals surface area contributed by atoms with Crippen molar-refractivity contribution in [2.75, 3.05) is 18.2 Å². The SMILES string of the molecule is COc1ccc(C(=O)Nc2ccc(F)cc2)c(N)c1. The second-order valence-corrected chi connectivity index (χ2v) is 3.91. The fourth-order valence-corrected chi connectivity index (χ4v) is 1.61. The molecule has 0 bridgehead atoms. The van der Waals surface area contributed by atoms with Crippen molar-refractivity contribution in [3.8, 4) is 5.75 Å². The molecule has 0 atom stereocenters. The van der Waals surface area contributed by atoms with Crippen molar-refractivity contribution in [2.24, 2.45) is 0 Å². The summed E-state index contributed by atoms with van der Waals surface area (Å²) in [4.78, 5) is 12.0. The van der Waals surface area contributed by atoms with E-state index >= 15 is 0 Å². The van der Waals surface area contributed by atoms with Crippen molar-refractivity contribution in [3.05, 3.63) is 53.8 Å². The molecule has 0 fully saturated rings. The standard InChI is InChI=1S/C14H13FN2O2/c1-19-11-6-7-12(13(16)8-11)14(18)17-10-4-2-9(15)3-5-10/h2-8H,16H2,1H3,(H,17,18). The average Bonchev–Trinajstić information content (AvgIpc) is 2.41. The number of nitrogens with two attached hydrogens (primary N) is 1. The number of hydrogen-bond acceptors (Lipinski definition) is 3. The number of benzene rings is 2. The van der Waals surface area contributed by atoms with Gasteiger partial charge in [-0.25, -0.2) is 4.39 Å². The fraction of sp³-hybridized carbons (Fsp3) is 0.0714. The van der Waals surface area contributed by atoms with E-state index < -0.39 is 0 Å². The first-order valence-corrected chi connectivity index (χ1v) is 5.60. The Morgan fingerprint density at radius 2 is 1.89 bits per heavy atom. The van der Waals surface area contributed by atoms with Gasteiger partial charge in [0.15, 0.2) is 0 Å². The molecule has 4 nitrogen and oxygen atoms in total. The van der Waals surface area contributed by atoms with Crippen LogP contribution in [0.1, 0.15) is 10.4 Å². The summed E-state index contributed by atoms with van der Waals surface area (Å²) in [5.41, 5.74) is 6.93. The van der Waals surface area contributed by atoms with E-state index in [1.54, 1.807) is 18.2 Å². The first kappa shape index (κ1) is 12.9. The Morgan fingerprint density at radius 1 is 1.21 bits per heavy atom. The number of rotatable bonds is 3. The molecule has 0 aliphatic carbocycles. The number of halogens is 1. The zero-order chi connectivity index (χ0) is 13.8. The van der Waals surface area contributed by atoms with Crippen LogP contribution in [0.25, 0.3) is 0 Å². The summed E-state index contributed by atoms with van der Waals surface area (Å²) < 4.78 is 17.8. The zero-order valence-electron chi connectivity index (χ0n) is 10.3. The lowest BCUT2D eigenvalue weighted by Crippen LogP contribution is -2.14. The van der Waals surface area contributed by atoms with Gasteiger partial charge in [0, 0.05) is 17.4 Å². The molecule has 0 unspecified atom stereocenters. The Hall–Kier alpha value is -2.56. The Balaban J connectivity index is 2.18. The number of hydrogen-bond donors (Lipinski definition) is 2. The number of ether oxygens (including phenoxy) is 1. The first-order chi connectivity index (χ1) is 9.10. The third-order valence-electron chi connectivity index (χ3n) is 2.61. The second-order valence-electron chi connectivity index (χ2n) is 3.91. The minimum Gasteiger partial charge on any atom is -0.497 e. The molecular formula is C14H13FN2O2. The zero-order valence-corrected chi connectivity index (χ0v) is 10.3. The lowest BCUT2D eigenvalue weighted by atomic mass is 10.1. The summed E-state index contributed by atoms with van der Waals surface area (Å²) in [6.07, 6.45) is 0. The molecule has 0 saturated carbocycles. The summed E-state index contributed by atoms with van der Waals surface area (Å²) in [6.45, 7) is 0. The highest BCUT2D eigenvalue weighted by Gasteiger charge is 2.10. The van der Waals surface area contributed by atoms with Crippen LogP contribution >= 0.6 is 0 Å². The van der Waals surface area contributed by atoms with E-state index in [0.29, 0.717) is 22.7 Å². The molecule has 0 aliphatic rings. The Morgan fingerprint density at radius 3 is 2.47 bits per heavy atom. The van der Waals surface area contributed by atoms with Gasteiger partial charge in [0.1, 0.15) is 11.6 Å². The molecule has 0 saturated heterocycles. The van der Waals surface area contributed by atoms with Crippen LogP contribution in [-0.4, -0.2) is 13.0 Å². The van der Waals surface area contributed by atoms with Gasteiger partial charge in [-0.05, 0) is 36.4 Å². The van der Waals surface area contributed by atoms with Gasteiger partial charge in [-0.2, -0.15) is 0 Å². The molecule has 0 aromatic heterocycles. The van der Waals surface area contributed by atoms with Crippen LogP contribution in [0.4, 0.5) is 15.8 Å². The van der Waals surface area contributed by atoms with Crippen LogP contribution in [0, 0.1) is 5.82 Å². The van der Waals surface area contributed by atoms with Gasteiger partial charge in [0.2, 0.25) is 0 Å². The van der Waals surface area contributed by atoms with Crippen molar-refractivity contribution < 1.29 is 13.9 Å². The highest BCUT2D eigenvalue weighted by molar-refractivity contribution is 6.07. The van der Waals surface area contributed by atoms with Gasteiger partial charge >= 0.3 is 0 Å². The van der Waals surface area contributed by atoms with Crippen molar-refractivity contribution in [1.82, 2.24) is 0 Å². The van der Waals surface area contributed by atoms with E-state index in [1.807, 2.05) is 0 Å². The Bertz CT molecular complexity index is 597. The summed E-state index contributed by atoms with van der Waals surface area (Å²) in [6, 6.07) is 10.3. The number of amides is 1. The number of nitrogen functional groups attached to an aromatic ring is 1. The average molecular weight is 260 g/mol. The van der Waals surface area contributed by atoms with Crippen LogP contribution in [0.15, 0.2) is 42.5 Å². The molecular weight excluding hydrogens is 247 g/mol. The predicted octanol–water partition coefficient (Wildman–Crippen LogP) is 2.67. The quantitative estimate of drug-likeness (QED) is 0.834. The van der Waals surface area contributed by atoms with Gasteiger partial charge < -0.3 is 15.8 Å². The topological polar surface area (TPSA) is 64.3 Å². The minimum absolute atomic E-state index is 0.318. The number of anilines is 2. The number of carbonyl (C=O) groups is 1. The van der Waals surface area contributed by atoms with E-state index in [9.17, 15) is 9.18 Å². The monoisotopic (exact) mass is 260 g/mol. The lowest BCUT2D eigenvalue weighted by molar-refractivity contribution is 0.102. The Kier molecular flexibility index (Phi) is 3.66. The van der Waals surface area contributed by atoms with E-state index in [-0.39, 0.29) is 11.7 Å². The van der Waals surface area contributed by atoms with Crippen LogP contribution in [0.2, 0.25) is 0 Å². The fourth-order valence-electron chi connectivity index (χ4n) is 1.61. The number of nitrogens with one attached hydrogen (secondary N) is 1. The van der Waals surface area contributed by atoms with Gasteiger partial charge in [-0.15, -0.1) is 0 Å². The molecule has 0 radical (unpaired) electrons. The van der Waals surface area contributed by atoms with Crippen molar-refractivity contribution in [2.45, 2.75) is 0 Å². The molecule has 3 N–H and O–H groups in total. The smallest absolute Gasteiger partial charge is 0.257 e. The van der Waals surface area contributed by atoms with Gasteiger partial charge in [-0.3, -0.25) is 4.79 Å². The van der Waals surface area contributed by atoms with Crippen molar-refractivity contribution in [3.63, 3.8) is 0 Å². The van der Waals surface area contributed by atoms with Crippen LogP contribution in [-0.2, 0) is 0 Å².